The van der Waals surface area contributed by atoms with E-state index in [-0.39, 0.29) is 35.2 Å². The Kier molecular flexibility index (Phi) is 12.1. The number of esters is 1. The van der Waals surface area contributed by atoms with Crippen LogP contribution in [0, 0.1) is 0 Å². The van der Waals surface area contributed by atoms with Crippen LogP contribution >= 0.6 is 12.4 Å². The molecule has 0 bridgehead atoms. The van der Waals surface area contributed by atoms with E-state index in [1.807, 2.05) is 0 Å². The van der Waals surface area contributed by atoms with Gasteiger partial charge in [0.15, 0.2) is 5.96 Å². The van der Waals surface area contributed by atoms with E-state index in [1.165, 1.54) is 30.3 Å². The fourth-order valence-corrected chi connectivity index (χ4v) is 4.55. The molecule has 0 spiro atoms. The lowest BCUT2D eigenvalue weighted by Crippen LogP contribution is -2.49. The van der Waals surface area contributed by atoms with E-state index >= 15 is 0 Å². The number of hydrogen-bond donors (Lipinski definition) is 5. The Morgan fingerprint density at radius 3 is 2.61 bits per heavy atom. The Balaban J connectivity index is 0.00000507. The average molecular weight is 570 g/mol. The van der Waals surface area contributed by atoms with Crippen molar-refractivity contribution in [2.75, 3.05) is 39.4 Å². The van der Waals surface area contributed by atoms with E-state index in [4.69, 9.17) is 9.47 Å². The number of rotatable bonds is 12. The molecular weight excluding hydrogens is 538 g/mol. The number of carbonyl (C=O) groups is 2. The van der Waals surface area contributed by atoms with Crippen molar-refractivity contribution >= 4 is 40.3 Å². The highest BCUT2D eigenvalue weighted by atomic mass is 35.5. The van der Waals surface area contributed by atoms with Crippen LogP contribution in [0.5, 0.6) is 11.5 Å². The van der Waals surface area contributed by atoms with Crippen LogP contribution in [-0.4, -0.2) is 76.8 Å². The molecule has 3 rings (SSSR count). The maximum Gasteiger partial charge on any atom is 0.326 e. The summed E-state index contributed by atoms with van der Waals surface area (Å²) in [6.45, 7) is 3.63. The molecule has 1 amide bonds. The lowest BCUT2D eigenvalue weighted by molar-refractivity contribution is -0.144. The van der Waals surface area contributed by atoms with E-state index in [9.17, 15) is 23.1 Å². The van der Waals surface area contributed by atoms with Gasteiger partial charge >= 0.3 is 5.97 Å². The molecule has 0 saturated heterocycles. The van der Waals surface area contributed by atoms with Crippen LogP contribution in [0.15, 0.2) is 58.4 Å². The van der Waals surface area contributed by atoms with Crippen molar-refractivity contribution in [2.45, 2.75) is 24.3 Å². The van der Waals surface area contributed by atoms with Gasteiger partial charge in [-0.1, -0.05) is 18.2 Å². The van der Waals surface area contributed by atoms with E-state index in [0.29, 0.717) is 18.9 Å². The minimum absolute atomic E-state index is 0. The van der Waals surface area contributed by atoms with E-state index in [1.54, 1.807) is 25.1 Å². The molecule has 0 fully saturated rings. The molecule has 0 aromatic heterocycles. The summed E-state index contributed by atoms with van der Waals surface area (Å²) >= 11 is 0. The van der Waals surface area contributed by atoms with Gasteiger partial charge < -0.3 is 30.5 Å². The number of aliphatic imine (C=N–C) groups is 1. The fourth-order valence-electron chi connectivity index (χ4n) is 3.34. The van der Waals surface area contributed by atoms with Gasteiger partial charge in [0.25, 0.3) is 5.91 Å². The zero-order valence-corrected chi connectivity index (χ0v) is 22.4. The van der Waals surface area contributed by atoms with Crippen molar-refractivity contribution in [1.82, 2.24) is 20.7 Å². The number of hydrogen-bond acceptors (Lipinski definition) is 10. The molecule has 2 aromatic rings. The Morgan fingerprint density at radius 2 is 1.95 bits per heavy atom. The molecule has 0 radical (unpaired) electrons. The molecule has 14 heteroatoms. The zero-order valence-electron chi connectivity index (χ0n) is 20.8. The topological polar surface area (TPSA) is 167 Å². The first-order valence-corrected chi connectivity index (χ1v) is 13.3. The predicted molar refractivity (Wildman–Crippen MR) is 143 cm³/mol. The SMILES string of the molecule is CCOC(=O)C(CNC(=O)c1ccc(OCCNC2=NCCCN2)cc1O)NS(=O)(=O)c1ccccc1.Cl. The van der Waals surface area contributed by atoms with Crippen LogP contribution in [0.4, 0.5) is 0 Å². The summed E-state index contributed by atoms with van der Waals surface area (Å²) in [7, 11) is -4.05. The number of amides is 1. The Bertz CT molecular complexity index is 1210. The number of phenols is 1. The Labute approximate surface area is 227 Å². The first-order valence-electron chi connectivity index (χ1n) is 11.8. The Hall–Kier alpha value is -3.55. The molecule has 0 saturated carbocycles. The quantitative estimate of drug-likeness (QED) is 0.183. The summed E-state index contributed by atoms with van der Waals surface area (Å²) in [6.07, 6.45) is 0.994. The minimum atomic E-state index is -4.05. The number of benzene rings is 2. The van der Waals surface area contributed by atoms with Gasteiger partial charge in [-0.3, -0.25) is 14.6 Å². The summed E-state index contributed by atoms with van der Waals surface area (Å²) in [5.74, 6) is -0.816. The molecule has 12 nitrogen and oxygen atoms in total. The molecule has 38 heavy (non-hydrogen) atoms. The van der Waals surface area contributed by atoms with Crippen LogP contribution < -0.4 is 25.4 Å². The largest absolute Gasteiger partial charge is 0.507 e. The van der Waals surface area contributed by atoms with Crippen molar-refractivity contribution in [2.24, 2.45) is 4.99 Å². The van der Waals surface area contributed by atoms with Crippen molar-refractivity contribution in [3.05, 3.63) is 54.1 Å². The number of ether oxygens (including phenoxy) is 2. The van der Waals surface area contributed by atoms with Crippen LogP contribution in [0.25, 0.3) is 0 Å². The third-order valence-corrected chi connectivity index (χ3v) is 6.65. The molecule has 1 aliphatic heterocycles. The minimum Gasteiger partial charge on any atom is -0.507 e. The predicted octanol–water partition coefficient (Wildman–Crippen LogP) is 0.772. The summed E-state index contributed by atoms with van der Waals surface area (Å²) in [5.41, 5.74) is -0.0697. The van der Waals surface area contributed by atoms with Gasteiger partial charge in [-0.2, -0.15) is 4.72 Å². The third-order valence-electron chi connectivity index (χ3n) is 5.16. The number of nitrogens with one attached hydrogen (secondary N) is 4. The van der Waals surface area contributed by atoms with Crippen molar-refractivity contribution < 1.29 is 32.6 Å². The highest BCUT2D eigenvalue weighted by Gasteiger charge is 2.27. The fraction of sp³-hybridized carbons (Fsp3) is 0.375. The van der Waals surface area contributed by atoms with Crippen molar-refractivity contribution in [3.8, 4) is 11.5 Å². The molecule has 208 valence electrons. The summed E-state index contributed by atoms with van der Waals surface area (Å²) in [6, 6.07) is 10.3. The maximum absolute atomic E-state index is 12.7. The second-order valence-electron chi connectivity index (χ2n) is 7.91. The lowest BCUT2D eigenvalue weighted by Gasteiger charge is -2.18. The number of sulfonamides is 1. The van der Waals surface area contributed by atoms with Gasteiger partial charge in [0.05, 0.1) is 23.6 Å². The monoisotopic (exact) mass is 569 g/mol. The van der Waals surface area contributed by atoms with E-state index < -0.39 is 34.5 Å². The highest BCUT2D eigenvalue weighted by Crippen LogP contribution is 2.23. The van der Waals surface area contributed by atoms with Crippen LogP contribution in [0.3, 0.4) is 0 Å². The molecule has 1 unspecified atom stereocenters. The van der Waals surface area contributed by atoms with Crippen molar-refractivity contribution in [3.63, 3.8) is 0 Å². The van der Waals surface area contributed by atoms with Crippen LogP contribution in [0.2, 0.25) is 0 Å². The lowest BCUT2D eigenvalue weighted by atomic mass is 10.1. The molecule has 5 N–H and O–H groups in total. The molecule has 2 aromatic carbocycles. The number of nitrogens with zero attached hydrogens (tertiary/aromatic N) is 1. The highest BCUT2D eigenvalue weighted by molar-refractivity contribution is 7.89. The summed E-state index contributed by atoms with van der Waals surface area (Å²) < 4.78 is 38.1. The smallest absolute Gasteiger partial charge is 0.326 e. The maximum atomic E-state index is 12.7. The summed E-state index contributed by atoms with van der Waals surface area (Å²) in [4.78, 5) is 29.3. The molecule has 0 aliphatic carbocycles. The van der Waals surface area contributed by atoms with Gasteiger partial charge in [-0.05, 0) is 37.6 Å². The van der Waals surface area contributed by atoms with Crippen molar-refractivity contribution in [1.29, 1.82) is 0 Å². The zero-order chi connectivity index (χ0) is 26.7. The van der Waals surface area contributed by atoms with Crippen LogP contribution in [0.1, 0.15) is 23.7 Å². The van der Waals surface area contributed by atoms with E-state index in [2.05, 4.69) is 25.7 Å². The third kappa shape index (κ3) is 9.08. The van der Waals surface area contributed by atoms with Crippen LogP contribution in [-0.2, 0) is 19.6 Å². The molecule has 1 heterocycles. The normalized spacial score (nSPS) is 13.7. The second-order valence-corrected chi connectivity index (χ2v) is 9.63. The second kappa shape index (κ2) is 15.0. The number of guanidine groups is 1. The number of phenolic OH excluding ortho intramolecular Hbond substituents is 1. The number of carbonyl (C=O) groups excluding carboxylic acids is 2. The number of halogens is 1. The summed E-state index contributed by atoms with van der Waals surface area (Å²) in [5, 5.41) is 19.0. The van der Waals surface area contributed by atoms with Gasteiger partial charge in [-0.25, -0.2) is 8.42 Å². The standard InChI is InChI=1S/C24H31N5O7S.ClH/c1-2-35-23(32)20(29-37(33,34)18-7-4-3-5-8-18)16-28-22(31)19-10-9-17(15-21(19)30)36-14-13-27-24-25-11-6-12-26-24;/h3-5,7-10,15,20,29-30H,2,6,11-14,16H2,1H3,(H,28,31)(H2,25,26,27);1H. The van der Waals surface area contributed by atoms with Gasteiger partial charge in [-0.15, -0.1) is 12.4 Å². The first kappa shape index (κ1) is 30.7. The molecule has 1 atom stereocenters. The van der Waals surface area contributed by atoms with E-state index in [0.717, 1.165) is 25.5 Å². The molecule has 1 aliphatic rings. The molecular formula is C24H32ClN5O7S. The number of aromatic hydroxyl groups is 1. The van der Waals surface area contributed by atoms with Gasteiger partial charge in [0.2, 0.25) is 10.0 Å². The average Bonchev–Trinajstić information content (AvgIpc) is 2.90. The first-order chi connectivity index (χ1) is 17.8. The van der Waals surface area contributed by atoms with Gasteiger partial charge in [0.1, 0.15) is 24.1 Å². The van der Waals surface area contributed by atoms with Gasteiger partial charge in [0, 0.05) is 25.7 Å². The Morgan fingerprint density at radius 1 is 1.18 bits per heavy atom.